The third kappa shape index (κ3) is 2.31. The first-order valence-electron chi connectivity index (χ1n) is 7.06. The Bertz CT molecular complexity index is 802. The molecule has 0 radical (unpaired) electrons. The van der Waals surface area contributed by atoms with Gasteiger partial charge in [-0.2, -0.15) is 0 Å². The van der Waals surface area contributed by atoms with Crippen LogP contribution in [0.1, 0.15) is 23.0 Å². The summed E-state index contributed by atoms with van der Waals surface area (Å²) in [7, 11) is 0. The molecule has 0 saturated heterocycles. The molecule has 1 heterocycles. The molecule has 0 bridgehead atoms. The molecule has 0 aliphatic heterocycles. The Kier molecular flexibility index (Phi) is 3.48. The largest absolute Gasteiger partial charge is 0.461 e. The van der Waals surface area contributed by atoms with Crippen molar-refractivity contribution in [3.8, 4) is 5.69 Å². The minimum absolute atomic E-state index is 0.294. The van der Waals surface area contributed by atoms with E-state index in [4.69, 9.17) is 4.74 Å². The summed E-state index contributed by atoms with van der Waals surface area (Å²) in [4.78, 5) is 12.3. The first-order valence-corrected chi connectivity index (χ1v) is 7.06. The summed E-state index contributed by atoms with van der Waals surface area (Å²) in [6.07, 6.45) is 0. The highest BCUT2D eigenvalue weighted by Crippen LogP contribution is 2.26. The number of carbonyl (C=O) groups excluding carboxylic acids is 1. The molecule has 0 N–H and O–H groups in total. The van der Waals surface area contributed by atoms with Gasteiger partial charge < -0.3 is 9.30 Å². The molecule has 1 aromatic heterocycles. The third-order valence-corrected chi connectivity index (χ3v) is 3.55. The monoisotopic (exact) mass is 279 g/mol. The van der Waals surface area contributed by atoms with Gasteiger partial charge in [-0.3, -0.25) is 0 Å². The molecule has 0 saturated carbocycles. The predicted molar refractivity (Wildman–Crippen MR) is 84.0 cm³/mol. The van der Waals surface area contributed by atoms with Gasteiger partial charge in [0.05, 0.1) is 12.1 Å². The summed E-state index contributed by atoms with van der Waals surface area (Å²) in [5.74, 6) is -0.294. The van der Waals surface area contributed by atoms with Crippen LogP contribution in [0.15, 0.2) is 54.6 Å². The van der Waals surface area contributed by atoms with E-state index in [1.807, 2.05) is 73.0 Å². The average Bonchev–Trinajstić information content (AvgIpc) is 2.87. The van der Waals surface area contributed by atoms with Crippen molar-refractivity contribution in [2.45, 2.75) is 13.8 Å². The molecule has 106 valence electrons. The van der Waals surface area contributed by atoms with Crippen LogP contribution in [0.4, 0.5) is 0 Å². The lowest BCUT2D eigenvalue weighted by atomic mass is 10.2. The predicted octanol–water partition coefficient (Wildman–Crippen LogP) is 4.12. The standard InChI is InChI=1S/C18H17NO2/c1-3-21-18(20)17-12-14-9-5-7-11-16(14)19(17)15-10-6-4-8-13(15)2/h4-12H,3H2,1-2H3. The van der Waals surface area contributed by atoms with Crippen LogP contribution in [0.2, 0.25) is 0 Å². The van der Waals surface area contributed by atoms with Crippen molar-refractivity contribution in [1.82, 2.24) is 4.57 Å². The fraction of sp³-hybridized carbons (Fsp3) is 0.167. The zero-order chi connectivity index (χ0) is 14.8. The highest BCUT2D eigenvalue weighted by atomic mass is 16.5. The van der Waals surface area contributed by atoms with Crippen LogP contribution in [0.5, 0.6) is 0 Å². The van der Waals surface area contributed by atoms with Crippen LogP contribution >= 0.6 is 0 Å². The van der Waals surface area contributed by atoms with Crippen LogP contribution in [0.3, 0.4) is 0 Å². The van der Waals surface area contributed by atoms with Crippen molar-refractivity contribution >= 4 is 16.9 Å². The van der Waals surface area contributed by atoms with E-state index in [2.05, 4.69) is 0 Å². The number of aromatic nitrogens is 1. The molecule has 2 aromatic carbocycles. The Morgan fingerprint density at radius 1 is 1.10 bits per heavy atom. The van der Waals surface area contributed by atoms with Gasteiger partial charge in [-0.1, -0.05) is 36.4 Å². The van der Waals surface area contributed by atoms with E-state index in [0.29, 0.717) is 12.3 Å². The Morgan fingerprint density at radius 2 is 1.81 bits per heavy atom. The second kappa shape index (κ2) is 5.44. The second-order valence-electron chi connectivity index (χ2n) is 4.93. The third-order valence-electron chi connectivity index (χ3n) is 3.55. The SMILES string of the molecule is CCOC(=O)c1cc2ccccc2n1-c1ccccc1C. The van der Waals surface area contributed by atoms with Crippen LogP contribution in [-0.4, -0.2) is 17.1 Å². The van der Waals surface area contributed by atoms with Gasteiger partial charge in [0.25, 0.3) is 0 Å². The van der Waals surface area contributed by atoms with Gasteiger partial charge in [-0.15, -0.1) is 0 Å². The van der Waals surface area contributed by atoms with Gasteiger partial charge in [0.15, 0.2) is 0 Å². The number of esters is 1. The number of ether oxygens (including phenoxy) is 1. The quantitative estimate of drug-likeness (QED) is 0.675. The van der Waals surface area contributed by atoms with Crippen molar-refractivity contribution in [2.75, 3.05) is 6.61 Å². The minimum atomic E-state index is -0.294. The van der Waals surface area contributed by atoms with Gasteiger partial charge in [0.1, 0.15) is 5.69 Å². The van der Waals surface area contributed by atoms with Crippen LogP contribution in [0.25, 0.3) is 16.6 Å². The lowest BCUT2D eigenvalue weighted by Crippen LogP contribution is -2.11. The zero-order valence-corrected chi connectivity index (χ0v) is 12.2. The maximum Gasteiger partial charge on any atom is 0.355 e. The number of carbonyl (C=O) groups is 1. The van der Waals surface area contributed by atoms with Crippen molar-refractivity contribution in [1.29, 1.82) is 0 Å². The van der Waals surface area contributed by atoms with E-state index in [1.54, 1.807) is 0 Å². The Morgan fingerprint density at radius 3 is 2.57 bits per heavy atom. The average molecular weight is 279 g/mol. The maximum absolute atomic E-state index is 12.3. The van der Waals surface area contributed by atoms with Crippen LogP contribution < -0.4 is 0 Å². The summed E-state index contributed by atoms with van der Waals surface area (Å²) < 4.78 is 7.17. The van der Waals surface area contributed by atoms with Gasteiger partial charge in [-0.25, -0.2) is 4.79 Å². The molecule has 21 heavy (non-hydrogen) atoms. The molecule has 0 aliphatic rings. The number of fused-ring (bicyclic) bond motifs is 1. The van der Waals surface area contributed by atoms with E-state index in [1.165, 1.54) is 0 Å². The molecule has 0 fully saturated rings. The summed E-state index contributed by atoms with van der Waals surface area (Å²) in [6.45, 7) is 4.23. The Balaban J connectivity index is 2.31. The molecule has 0 spiro atoms. The number of benzene rings is 2. The molecular formula is C18H17NO2. The van der Waals surface area contributed by atoms with E-state index in [0.717, 1.165) is 22.2 Å². The van der Waals surface area contributed by atoms with Crippen molar-refractivity contribution in [2.24, 2.45) is 0 Å². The summed E-state index contributed by atoms with van der Waals surface area (Å²) in [5, 5.41) is 1.03. The first-order chi connectivity index (χ1) is 10.2. The van der Waals surface area contributed by atoms with Crippen molar-refractivity contribution in [3.63, 3.8) is 0 Å². The van der Waals surface area contributed by atoms with Crippen molar-refractivity contribution < 1.29 is 9.53 Å². The molecule has 3 heteroatoms. The smallest absolute Gasteiger partial charge is 0.355 e. The number of hydrogen-bond donors (Lipinski definition) is 0. The molecule has 0 unspecified atom stereocenters. The van der Waals surface area contributed by atoms with E-state index in [9.17, 15) is 4.79 Å². The molecule has 3 rings (SSSR count). The second-order valence-corrected chi connectivity index (χ2v) is 4.93. The van der Waals surface area contributed by atoms with E-state index >= 15 is 0 Å². The number of aryl methyl sites for hydroxylation is 1. The molecular weight excluding hydrogens is 262 g/mol. The molecule has 0 aliphatic carbocycles. The fourth-order valence-corrected chi connectivity index (χ4v) is 2.58. The maximum atomic E-state index is 12.3. The highest BCUT2D eigenvalue weighted by molar-refractivity contribution is 5.97. The minimum Gasteiger partial charge on any atom is -0.461 e. The molecule has 3 aromatic rings. The van der Waals surface area contributed by atoms with Crippen LogP contribution in [-0.2, 0) is 4.74 Å². The number of rotatable bonds is 3. The van der Waals surface area contributed by atoms with Gasteiger partial charge in [0, 0.05) is 11.1 Å². The topological polar surface area (TPSA) is 31.2 Å². The summed E-state index contributed by atoms with van der Waals surface area (Å²) >= 11 is 0. The van der Waals surface area contributed by atoms with E-state index in [-0.39, 0.29) is 5.97 Å². The number of para-hydroxylation sites is 2. The zero-order valence-electron chi connectivity index (χ0n) is 12.2. The summed E-state index contributed by atoms with van der Waals surface area (Å²) in [5.41, 5.74) is 3.69. The Hall–Kier alpha value is -2.55. The van der Waals surface area contributed by atoms with Crippen molar-refractivity contribution in [3.05, 3.63) is 65.9 Å². The lowest BCUT2D eigenvalue weighted by Gasteiger charge is -2.12. The number of hydrogen-bond acceptors (Lipinski definition) is 2. The Labute approximate surface area is 123 Å². The number of nitrogens with zero attached hydrogens (tertiary/aromatic N) is 1. The molecule has 0 amide bonds. The van der Waals surface area contributed by atoms with Gasteiger partial charge >= 0.3 is 5.97 Å². The summed E-state index contributed by atoms with van der Waals surface area (Å²) in [6, 6.07) is 17.9. The van der Waals surface area contributed by atoms with Crippen LogP contribution in [0, 0.1) is 6.92 Å². The molecule has 3 nitrogen and oxygen atoms in total. The molecule has 0 atom stereocenters. The van der Waals surface area contributed by atoms with E-state index < -0.39 is 0 Å². The lowest BCUT2D eigenvalue weighted by molar-refractivity contribution is 0.0517. The fourth-order valence-electron chi connectivity index (χ4n) is 2.58. The normalized spacial score (nSPS) is 10.8. The highest BCUT2D eigenvalue weighted by Gasteiger charge is 2.18. The first kappa shape index (κ1) is 13.4. The van der Waals surface area contributed by atoms with Gasteiger partial charge in [0.2, 0.25) is 0 Å². The van der Waals surface area contributed by atoms with Gasteiger partial charge in [-0.05, 0) is 37.6 Å².